The van der Waals surface area contributed by atoms with E-state index >= 15 is 0 Å². The van der Waals surface area contributed by atoms with Crippen molar-refractivity contribution in [2.24, 2.45) is 5.10 Å². The molecule has 9 heteroatoms. The fourth-order valence-electron chi connectivity index (χ4n) is 2.91. The zero-order chi connectivity index (χ0) is 24.3. The molecule has 0 atom stereocenters. The van der Waals surface area contributed by atoms with Crippen molar-refractivity contribution in [3.8, 4) is 5.75 Å². The van der Waals surface area contributed by atoms with E-state index in [1.807, 2.05) is 19.1 Å². The van der Waals surface area contributed by atoms with E-state index in [4.69, 9.17) is 16.3 Å². The molecule has 3 rings (SSSR count). The van der Waals surface area contributed by atoms with Gasteiger partial charge in [0.15, 0.2) is 6.61 Å². The van der Waals surface area contributed by atoms with Crippen LogP contribution in [-0.2, 0) is 20.8 Å². The van der Waals surface area contributed by atoms with Gasteiger partial charge < -0.3 is 15.4 Å². The SMILES string of the molecule is CCc1ccccc1NC(=O)C(=O)N/N=C\c1cccc(OCC(=O)Nc2ccc(Cl)cc2)c1. The lowest BCUT2D eigenvalue weighted by Crippen LogP contribution is -2.32. The first kappa shape index (κ1) is 24.5. The van der Waals surface area contributed by atoms with E-state index in [9.17, 15) is 14.4 Å². The Morgan fingerprint density at radius 3 is 2.47 bits per heavy atom. The van der Waals surface area contributed by atoms with E-state index in [1.165, 1.54) is 6.21 Å². The summed E-state index contributed by atoms with van der Waals surface area (Å²) in [6, 6.07) is 20.7. The molecule has 0 unspecified atom stereocenters. The molecule has 0 fully saturated rings. The maximum Gasteiger partial charge on any atom is 0.329 e. The highest BCUT2D eigenvalue weighted by molar-refractivity contribution is 6.39. The van der Waals surface area contributed by atoms with Crippen LogP contribution in [0, 0.1) is 0 Å². The van der Waals surface area contributed by atoms with Crippen molar-refractivity contribution in [1.82, 2.24) is 5.43 Å². The predicted molar refractivity (Wildman–Crippen MR) is 132 cm³/mol. The van der Waals surface area contributed by atoms with Gasteiger partial charge in [-0.1, -0.05) is 48.9 Å². The largest absolute Gasteiger partial charge is 0.484 e. The lowest BCUT2D eigenvalue weighted by atomic mass is 10.1. The van der Waals surface area contributed by atoms with Crippen LogP contribution in [0.1, 0.15) is 18.1 Å². The first-order valence-corrected chi connectivity index (χ1v) is 10.8. The molecule has 174 valence electrons. The van der Waals surface area contributed by atoms with Gasteiger partial charge in [0.05, 0.1) is 6.21 Å². The van der Waals surface area contributed by atoms with Crippen LogP contribution in [0.25, 0.3) is 0 Å². The quantitative estimate of drug-likeness (QED) is 0.258. The Morgan fingerprint density at radius 1 is 0.941 bits per heavy atom. The summed E-state index contributed by atoms with van der Waals surface area (Å²) in [5.41, 5.74) is 4.91. The van der Waals surface area contributed by atoms with Crippen LogP contribution in [0.15, 0.2) is 77.9 Å². The molecule has 0 saturated carbocycles. The number of hydrogen-bond acceptors (Lipinski definition) is 5. The fraction of sp³-hybridized carbons (Fsp3) is 0.120. The van der Waals surface area contributed by atoms with Crippen molar-refractivity contribution in [3.63, 3.8) is 0 Å². The number of ether oxygens (including phenoxy) is 1. The monoisotopic (exact) mass is 478 g/mol. The van der Waals surface area contributed by atoms with Gasteiger partial charge in [0.25, 0.3) is 5.91 Å². The lowest BCUT2D eigenvalue weighted by molar-refractivity contribution is -0.136. The average Bonchev–Trinajstić information content (AvgIpc) is 2.84. The van der Waals surface area contributed by atoms with Gasteiger partial charge >= 0.3 is 11.8 Å². The van der Waals surface area contributed by atoms with E-state index in [2.05, 4.69) is 21.2 Å². The first-order valence-electron chi connectivity index (χ1n) is 10.4. The number of benzene rings is 3. The smallest absolute Gasteiger partial charge is 0.329 e. The Balaban J connectivity index is 1.48. The molecule has 0 bridgehead atoms. The van der Waals surface area contributed by atoms with Crippen molar-refractivity contribution >= 4 is 46.9 Å². The van der Waals surface area contributed by atoms with Gasteiger partial charge in [-0.3, -0.25) is 14.4 Å². The van der Waals surface area contributed by atoms with Crippen molar-refractivity contribution < 1.29 is 19.1 Å². The third-order valence-electron chi connectivity index (χ3n) is 4.59. The van der Waals surface area contributed by atoms with E-state index in [1.54, 1.807) is 60.7 Å². The molecule has 3 N–H and O–H groups in total. The summed E-state index contributed by atoms with van der Waals surface area (Å²) in [5, 5.41) is 9.67. The highest BCUT2D eigenvalue weighted by atomic mass is 35.5. The van der Waals surface area contributed by atoms with Crippen molar-refractivity contribution in [3.05, 3.63) is 88.9 Å². The van der Waals surface area contributed by atoms with E-state index < -0.39 is 11.8 Å². The third kappa shape index (κ3) is 7.46. The van der Waals surface area contributed by atoms with Gasteiger partial charge in [0.2, 0.25) is 0 Å². The highest BCUT2D eigenvalue weighted by Gasteiger charge is 2.14. The number of aryl methyl sites for hydroxylation is 1. The van der Waals surface area contributed by atoms with Crippen LogP contribution >= 0.6 is 11.6 Å². The van der Waals surface area contributed by atoms with Crippen molar-refractivity contribution in [2.75, 3.05) is 17.2 Å². The second-order valence-corrected chi connectivity index (χ2v) is 7.52. The summed E-state index contributed by atoms with van der Waals surface area (Å²) in [5.74, 6) is -1.60. The number of carbonyl (C=O) groups is 3. The summed E-state index contributed by atoms with van der Waals surface area (Å²) in [6.45, 7) is 1.76. The highest BCUT2D eigenvalue weighted by Crippen LogP contribution is 2.16. The molecule has 0 aliphatic rings. The maximum atomic E-state index is 12.1. The number of hydrazone groups is 1. The molecule has 0 heterocycles. The van der Waals surface area contributed by atoms with Crippen LogP contribution in [0.4, 0.5) is 11.4 Å². The number of rotatable bonds is 8. The zero-order valence-corrected chi connectivity index (χ0v) is 19.1. The molecule has 0 aromatic heterocycles. The molecule has 34 heavy (non-hydrogen) atoms. The number of halogens is 1. The Bertz CT molecular complexity index is 1200. The predicted octanol–water partition coefficient (Wildman–Crippen LogP) is 4.01. The minimum atomic E-state index is -0.895. The minimum absolute atomic E-state index is 0.195. The molecule has 0 saturated heterocycles. The van der Waals surface area contributed by atoms with Crippen molar-refractivity contribution in [2.45, 2.75) is 13.3 Å². The summed E-state index contributed by atoms with van der Waals surface area (Å²) >= 11 is 5.83. The number of anilines is 2. The summed E-state index contributed by atoms with van der Waals surface area (Å²) < 4.78 is 5.51. The number of nitrogens with one attached hydrogen (secondary N) is 3. The molecular formula is C25H23ClN4O4. The second-order valence-electron chi connectivity index (χ2n) is 7.08. The van der Waals surface area contributed by atoms with Gasteiger partial charge in [-0.15, -0.1) is 0 Å². The maximum absolute atomic E-state index is 12.1. The molecule has 0 spiro atoms. The third-order valence-corrected chi connectivity index (χ3v) is 4.84. The zero-order valence-electron chi connectivity index (χ0n) is 18.4. The molecule has 3 amide bonds. The Hall–Kier alpha value is -4.17. The van der Waals surface area contributed by atoms with Gasteiger partial charge in [0.1, 0.15) is 5.75 Å². The van der Waals surface area contributed by atoms with Crippen LogP contribution in [0.3, 0.4) is 0 Å². The molecule has 8 nitrogen and oxygen atoms in total. The topological polar surface area (TPSA) is 109 Å². The molecule has 3 aromatic rings. The van der Waals surface area contributed by atoms with Crippen LogP contribution < -0.4 is 20.8 Å². The molecule has 3 aromatic carbocycles. The summed E-state index contributed by atoms with van der Waals surface area (Å²) in [6.07, 6.45) is 2.09. The van der Waals surface area contributed by atoms with Gasteiger partial charge in [-0.05, 0) is 60.0 Å². The molecular weight excluding hydrogens is 456 g/mol. The van der Waals surface area contributed by atoms with Gasteiger partial charge in [-0.25, -0.2) is 5.43 Å². The van der Waals surface area contributed by atoms with Gasteiger partial charge in [-0.2, -0.15) is 5.10 Å². The Labute approximate surface area is 202 Å². The molecule has 0 aliphatic carbocycles. The van der Waals surface area contributed by atoms with Crippen LogP contribution in [0.5, 0.6) is 5.75 Å². The Kier molecular flexibility index (Phi) is 8.76. The first-order chi connectivity index (χ1) is 16.4. The number of nitrogens with zero attached hydrogens (tertiary/aromatic N) is 1. The average molecular weight is 479 g/mol. The number of hydrogen-bond donors (Lipinski definition) is 3. The van der Waals surface area contributed by atoms with E-state index in [-0.39, 0.29) is 12.5 Å². The standard InChI is InChI=1S/C25H23ClN4O4/c1-2-18-7-3-4-9-22(18)29-24(32)25(33)30-27-15-17-6-5-8-21(14-17)34-16-23(31)28-20-12-10-19(26)11-13-20/h3-15H,2,16H2,1H3,(H,28,31)(H,29,32)(H,30,33)/b27-15-. The van der Waals surface area contributed by atoms with E-state index in [0.29, 0.717) is 27.7 Å². The normalized spacial score (nSPS) is 10.5. The van der Waals surface area contributed by atoms with Crippen LogP contribution in [-0.4, -0.2) is 30.5 Å². The lowest BCUT2D eigenvalue weighted by Gasteiger charge is -2.08. The van der Waals surface area contributed by atoms with Crippen LogP contribution in [0.2, 0.25) is 5.02 Å². The summed E-state index contributed by atoms with van der Waals surface area (Å²) in [4.78, 5) is 36.2. The fourth-order valence-corrected chi connectivity index (χ4v) is 3.04. The number of amides is 3. The van der Waals surface area contributed by atoms with Gasteiger partial charge in [0, 0.05) is 16.4 Å². The molecule has 0 aliphatic heterocycles. The minimum Gasteiger partial charge on any atom is -0.484 e. The number of carbonyl (C=O) groups excluding carboxylic acids is 3. The van der Waals surface area contributed by atoms with Crippen molar-refractivity contribution in [1.29, 1.82) is 0 Å². The van der Waals surface area contributed by atoms with E-state index in [0.717, 1.165) is 12.0 Å². The second kappa shape index (κ2) is 12.2. The summed E-state index contributed by atoms with van der Waals surface area (Å²) in [7, 11) is 0. The number of para-hydroxylation sites is 1. The Morgan fingerprint density at radius 2 is 1.71 bits per heavy atom. The molecule has 0 radical (unpaired) electrons.